The Labute approximate surface area is 117 Å². The van der Waals surface area contributed by atoms with Gasteiger partial charge in [-0.25, -0.2) is 0 Å². The topological polar surface area (TPSA) is 74.7 Å². The number of carbonyl (C=O) groups is 3. The molecule has 0 aliphatic carbocycles. The molecule has 2 rings (SSSR count). The summed E-state index contributed by atoms with van der Waals surface area (Å²) in [5.74, 6) is -1.93. The molecule has 1 aromatic rings. The van der Waals surface area contributed by atoms with Gasteiger partial charge in [-0.3, -0.25) is 19.3 Å². The van der Waals surface area contributed by atoms with Crippen LogP contribution in [0.2, 0.25) is 0 Å². The van der Waals surface area contributed by atoms with Crippen LogP contribution in [0, 0.1) is 12.8 Å². The molecule has 1 unspecified atom stereocenters. The first kappa shape index (κ1) is 14.2. The molecular weight excluding hydrogens is 258 g/mol. The second kappa shape index (κ2) is 5.07. The summed E-state index contributed by atoms with van der Waals surface area (Å²) in [5, 5.41) is 8.98. The van der Waals surface area contributed by atoms with Crippen LogP contribution in [-0.4, -0.2) is 33.8 Å². The van der Waals surface area contributed by atoms with Gasteiger partial charge in [0.15, 0.2) is 0 Å². The molecule has 106 valence electrons. The minimum atomic E-state index is -1.02. The smallest absolute Gasteiger partial charge is 0.305 e. The van der Waals surface area contributed by atoms with Crippen LogP contribution in [0.1, 0.15) is 46.5 Å². The van der Waals surface area contributed by atoms with E-state index >= 15 is 0 Å². The van der Waals surface area contributed by atoms with Crippen molar-refractivity contribution in [3.8, 4) is 0 Å². The molecule has 0 bridgehead atoms. The Hall–Kier alpha value is -2.17. The van der Waals surface area contributed by atoms with Crippen molar-refractivity contribution in [2.24, 2.45) is 5.92 Å². The van der Waals surface area contributed by atoms with Crippen LogP contribution in [0.15, 0.2) is 18.2 Å². The van der Waals surface area contributed by atoms with Crippen molar-refractivity contribution in [3.05, 3.63) is 34.9 Å². The van der Waals surface area contributed by atoms with Gasteiger partial charge in [0, 0.05) is 0 Å². The molecule has 0 fully saturated rings. The predicted octanol–water partition coefficient (Wildman–Crippen LogP) is 2.09. The maximum atomic E-state index is 12.4. The molecule has 0 radical (unpaired) electrons. The largest absolute Gasteiger partial charge is 0.481 e. The Morgan fingerprint density at radius 2 is 1.80 bits per heavy atom. The fraction of sp³-hybridized carbons (Fsp3) is 0.400. The zero-order valence-corrected chi connectivity index (χ0v) is 11.7. The first-order chi connectivity index (χ1) is 9.32. The number of benzene rings is 1. The monoisotopic (exact) mass is 275 g/mol. The summed E-state index contributed by atoms with van der Waals surface area (Å²) in [5.41, 5.74) is 1.62. The van der Waals surface area contributed by atoms with Gasteiger partial charge >= 0.3 is 5.97 Å². The Morgan fingerprint density at radius 1 is 1.20 bits per heavy atom. The summed E-state index contributed by atoms with van der Waals surface area (Å²) in [6.45, 7) is 5.46. The number of hydrogen-bond acceptors (Lipinski definition) is 3. The van der Waals surface area contributed by atoms with Gasteiger partial charge < -0.3 is 5.11 Å². The lowest BCUT2D eigenvalue weighted by atomic mass is 9.99. The van der Waals surface area contributed by atoms with Crippen LogP contribution in [0.4, 0.5) is 0 Å². The summed E-state index contributed by atoms with van der Waals surface area (Å²) >= 11 is 0. The molecule has 20 heavy (non-hydrogen) atoms. The molecule has 0 saturated heterocycles. The number of aliphatic carboxylic acids is 1. The zero-order valence-electron chi connectivity index (χ0n) is 11.7. The van der Waals surface area contributed by atoms with Gasteiger partial charge in [0.2, 0.25) is 0 Å². The van der Waals surface area contributed by atoms with Crippen molar-refractivity contribution in [3.63, 3.8) is 0 Å². The molecule has 1 aliphatic heterocycles. The average molecular weight is 275 g/mol. The van der Waals surface area contributed by atoms with E-state index in [0.29, 0.717) is 11.1 Å². The van der Waals surface area contributed by atoms with Gasteiger partial charge in [0.05, 0.1) is 23.6 Å². The third-order valence-electron chi connectivity index (χ3n) is 3.56. The quantitative estimate of drug-likeness (QED) is 0.854. The van der Waals surface area contributed by atoms with Gasteiger partial charge in [0.25, 0.3) is 11.8 Å². The summed E-state index contributed by atoms with van der Waals surface area (Å²) in [6, 6.07) is 4.45. The Balaban J connectivity index is 2.42. The summed E-state index contributed by atoms with van der Waals surface area (Å²) in [4.78, 5) is 36.8. The van der Waals surface area contributed by atoms with E-state index in [9.17, 15) is 14.4 Å². The third-order valence-corrected chi connectivity index (χ3v) is 3.56. The second-order valence-electron chi connectivity index (χ2n) is 5.44. The minimum absolute atomic E-state index is 0.116. The molecule has 1 atom stereocenters. The maximum absolute atomic E-state index is 12.4. The maximum Gasteiger partial charge on any atom is 0.305 e. The van der Waals surface area contributed by atoms with E-state index in [2.05, 4.69) is 0 Å². The van der Waals surface area contributed by atoms with Crippen molar-refractivity contribution in [1.29, 1.82) is 0 Å². The molecule has 1 aliphatic rings. The number of hydrogen-bond donors (Lipinski definition) is 1. The number of carboxylic acids is 1. The summed E-state index contributed by atoms with van der Waals surface area (Å²) in [7, 11) is 0. The van der Waals surface area contributed by atoms with Crippen LogP contribution < -0.4 is 0 Å². The number of amides is 2. The lowest BCUT2D eigenvalue weighted by Crippen LogP contribution is -2.44. The van der Waals surface area contributed by atoms with Crippen molar-refractivity contribution in [2.45, 2.75) is 33.2 Å². The number of rotatable bonds is 4. The predicted molar refractivity (Wildman–Crippen MR) is 72.6 cm³/mol. The van der Waals surface area contributed by atoms with Crippen molar-refractivity contribution in [1.82, 2.24) is 4.90 Å². The van der Waals surface area contributed by atoms with Crippen molar-refractivity contribution < 1.29 is 19.5 Å². The molecule has 1 aromatic carbocycles. The highest BCUT2D eigenvalue weighted by molar-refractivity contribution is 6.21. The van der Waals surface area contributed by atoms with Crippen LogP contribution in [0.25, 0.3) is 0 Å². The van der Waals surface area contributed by atoms with E-state index in [1.54, 1.807) is 18.2 Å². The van der Waals surface area contributed by atoms with E-state index in [-0.39, 0.29) is 12.3 Å². The van der Waals surface area contributed by atoms with Gasteiger partial charge in [-0.05, 0) is 25.0 Å². The second-order valence-corrected chi connectivity index (χ2v) is 5.44. The highest BCUT2D eigenvalue weighted by atomic mass is 16.4. The first-order valence-electron chi connectivity index (χ1n) is 6.53. The fourth-order valence-electron chi connectivity index (χ4n) is 2.48. The highest BCUT2D eigenvalue weighted by Gasteiger charge is 2.41. The number of carboxylic acid groups (broad SMARTS) is 1. The summed E-state index contributed by atoms with van der Waals surface area (Å²) in [6.07, 6.45) is -0.234. The van der Waals surface area contributed by atoms with Crippen LogP contribution >= 0.6 is 0 Å². The first-order valence-corrected chi connectivity index (χ1v) is 6.53. The fourth-order valence-corrected chi connectivity index (χ4v) is 2.48. The highest BCUT2D eigenvalue weighted by Crippen LogP contribution is 2.29. The lowest BCUT2D eigenvalue weighted by Gasteiger charge is -2.28. The number of nitrogens with zero attached hydrogens (tertiary/aromatic N) is 1. The summed E-state index contributed by atoms with van der Waals surface area (Å²) < 4.78 is 0. The molecule has 0 spiro atoms. The van der Waals surface area contributed by atoms with E-state index in [0.717, 1.165) is 10.5 Å². The van der Waals surface area contributed by atoms with Crippen molar-refractivity contribution >= 4 is 17.8 Å². The van der Waals surface area contributed by atoms with Crippen LogP contribution in [0.3, 0.4) is 0 Å². The molecule has 5 nitrogen and oxygen atoms in total. The zero-order chi connectivity index (χ0) is 15.0. The van der Waals surface area contributed by atoms with Gasteiger partial charge in [-0.15, -0.1) is 0 Å². The Morgan fingerprint density at radius 3 is 2.35 bits per heavy atom. The van der Waals surface area contributed by atoms with E-state index in [4.69, 9.17) is 5.11 Å². The van der Waals surface area contributed by atoms with E-state index in [1.165, 1.54) is 0 Å². The molecule has 1 heterocycles. The van der Waals surface area contributed by atoms with Gasteiger partial charge in [-0.2, -0.15) is 0 Å². The molecule has 0 aromatic heterocycles. The average Bonchev–Trinajstić information content (AvgIpc) is 2.58. The van der Waals surface area contributed by atoms with Crippen LogP contribution in [-0.2, 0) is 4.79 Å². The standard InChI is InChI=1S/C15H17NO4/c1-8(2)12(7-13(17)18)16-14(19)10-5-4-9(3)6-11(10)15(16)20/h4-6,8,12H,7H2,1-3H3,(H,17,18). The third kappa shape index (κ3) is 2.31. The van der Waals surface area contributed by atoms with Crippen LogP contribution in [0.5, 0.6) is 0 Å². The molecular formula is C15H17NO4. The molecule has 1 N–H and O–H groups in total. The number of carbonyl (C=O) groups excluding carboxylic acids is 2. The Bertz CT molecular complexity index is 592. The van der Waals surface area contributed by atoms with Gasteiger partial charge in [0.1, 0.15) is 0 Å². The minimum Gasteiger partial charge on any atom is -0.481 e. The SMILES string of the molecule is Cc1ccc2c(c1)C(=O)N(C(CC(=O)O)C(C)C)C2=O. The lowest BCUT2D eigenvalue weighted by molar-refractivity contribution is -0.138. The Kier molecular flexibility index (Phi) is 3.61. The van der Waals surface area contributed by atoms with E-state index in [1.807, 2.05) is 20.8 Å². The van der Waals surface area contributed by atoms with E-state index < -0.39 is 23.8 Å². The normalized spacial score (nSPS) is 15.7. The molecule has 5 heteroatoms. The van der Waals surface area contributed by atoms with Gasteiger partial charge in [-0.1, -0.05) is 25.5 Å². The number of aryl methyl sites for hydroxylation is 1. The van der Waals surface area contributed by atoms with Crippen molar-refractivity contribution in [2.75, 3.05) is 0 Å². The molecule has 0 saturated carbocycles. The molecule has 2 amide bonds. The number of fused-ring (bicyclic) bond motifs is 1. The number of imide groups is 1.